The minimum absolute atomic E-state index is 0.0824. The second-order valence-electron chi connectivity index (χ2n) is 6.97. The number of carbonyl (C=O) groups excluding carboxylic acids is 1. The summed E-state index contributed by atoms with van der Waals surface area (Å²) in [6, 6.07) is 0.283. The fourth-order valence-corrected chi connectivity index (χ4v) is 4.20. The van der Waals surface area contributed by atoms with Crippen LogP contribution in [0.4, 0.5) is 0 Å². The molecule has 0 unspecified atom stereocenters. The van der Waals surface area contributed by atoms with E-state index in [0.29, 0.717) is 5.91 Å². The van der Waals surface area contributed by atoms with Crippen LogP contribution in [-0.4, -0.2) is 75.5 Å². The van der Waals surface area contributed by atoms with Crippen molar-refractivity contribution in [1.82, 2.24) is 24.3 Å². The van der Waals surface area contributed by atoms with Crippen LogP contribution >= 0.6 is 0 Å². The number of piperazine rings is 1. The fraction of sp³-hybridized carbons (Fsp3) is 0.778. The summed E-state index contributed by atoms with van der Waals surface area (Å²) in [6.07, 6.45) is 7.24. The Kier molecular flexibility index (Phi) is 5.56. The van der Waals surface area contributed by atoms with E-state index in [-0.39, 0.29) is 12.1 Å². The molecule has 2 aliphatic heterocycles. The number of nitrogens with zero attached hydrogens (tertiary/aromatic N) is 5. The molecule has 3 heterocycles. The van der Waals surface area contributed by atoms with Crippen molar-refractivity contribution >= 4 is 5.91 Å². The molecule has 1 amide bonds. The third-order valence-corrected chi connectivity index (χ3v) is 5.67. The van der Waals surface area contributed by atoms with Crippen molar-refractivity contribution in [3.8, 4) is 0 Å². The maximum absolute atomic E-state index is 13.2. The first-order valence-corrected chi connectivity index (χ1v) is 9.39. The molecule has 3 rings (SSSR count). The lowest BCUT2D eigenvalue weighted by molar-refractivity contribution is -0.141. The van der Waals surface area contributed by atoms with Gasteiger partial charge >= 0.3 is 0 Å². The average Bonchev–Trinajstić information content (AvgIpc) is 3.06. The summed E-state index contributed by atoms with van der Waals surface area (Å²) in [4.78, 5) is 24.6. The molecule has 2 saturated heterocycles. The predicted molar refractivity (Wildman–Crippen MR) is 94.7 cm³/mol. The lowest BCUT2D eigenvalue weighted by atomic mass is 10.00. The zero-order chi connectivity index (χ0) is 17.1. The van der Waals surface area contributed by atoms with Crippen molar-refractivity contribution in [1.29, 1.82) is 0 Å². The highest BCUT2D eigenvalue weighted by atomic mass is 16.2. The molecule has 1 aromatic heterocycles. The molecule has 1 aromatic rings. The van der Waals surface area contributed by atoms with Gasteiger partial charge in [-0.25, -0.2) is 4.98 Å². The smallest absolute Gasteiger partial charge is 0.240 e. The lowest BCUT2D eigenvalue weighted by Gasteiger charge is -2.43. The molecule has 0 aliphatic carbocycles. The molecule has 0 radical (unpaired) electrons. The normalized spacial score (nSPS) is 26.7. The third-order valence-electron chi connectivity index (χ3n) is 5.67. The number of likely N-dealkylation sites (tertiary alicyclic amines) is 1. The number of hydrogen-bond acceptors (Lipinski definition) is 4. The molecule has 24 heavy (non-hydrogen) atoms. The first kappa shape index (κ1) is 17.4. The van der Waals surface area contributed by atoms with Crippen molar-refractivity contribution in [2.75, 3.05) is 39.3 Å². The van der Waals surface area contributed by atoms with Crippen molar-refractivity contribution in [3.63, 3.8) is 0 Å². The third kappa shape index (κ3) is 3.35. The van der Waals surface area contributed by atoms with Crippen molar-refractivity contribution in [2.24, 2.45) is 7.05 Å². The van der Waals surface area contributed by atoms with Gasteiger partial charge in [-0.3, -0.25) is 14.6 Å². The van der Waals surface area contributed by atoms with Crippen LogP contribution in [-0.2, 0) is 11.8 Å². The number of imidazole rings is 1. The minimum atomic E-state index is 0.0824. The molecular formula is C18H31N5O. The summed E-state index contributed by atoms with van der Waals surface area (Å²) >= 11 is 0. The van der Waals surface area contributed by atoms with Crippen molar-refractivity contribution in [2.45, 2.75) is 45.2 Å². The van der Waals surface area contributed by atoms with E-state index in [1.54, 1.807) is 0 Å². The van der Waals surface area contributed by atoms with Crippen LogP contribution in [0.15, 0.2) is 12.4 Å². The molecule has 0 aromatic carbocycles. The Morgan fingerprint density at radius 1 is 1.17 bits per heavy atom. The predicted octanol–water partition coefficient (Wildman–Crippen LogP) is 1.50. The van der Waals surface area contributed by atoms with Gasteiger partial charge in [0, 0.05) is 39.1 Å². The zero-order valence-electron chi connectivity index (χ0n) is 15.3. The van der Waals surface area contributed by atoms with E-state index in [9.17, 15) is 4.79 Å². The standard InChI is InChI=1S/C18H31N5O/c1-4-21-10-7-6-8-15(21)18(24)23-13-12-22(5-2)16(14-23)17-19-9-11-20(17)3/h9,11,15-16H,4-8,10,12-14H2,1-3H3/t15-,16+/m0/s1. The zero-order valence-corrected chi connectivity index (χ0v) is 15.3. The second-order valence-corrected chi connectivity index (χ2v) is 6.97. The molecule has 0 saturated carbocycles. The minimum Gasteiger partial charge on any atom is -0.338 e. The van der Waals surface area contributed by atoms with E-state index in [1.807, 2.05) is 19.4 Å². The first-order valence-electron chi connectivity index (χ1n) is 9.39. The summed E-state index contributed by atoms with van der Waals surface area (Å²) in [5, 5.41) is 0. The van der Waals surface area contributed by atoms with E-state index < -0.39 is 0 Å². The van der Waals surface area contributed by atoms with Crippen LogP contribution in [0.2, 0.25) is 0 Å². The summed E-state index contributed by atoms with van der Waals surface area (Å²) in [5.74, 6) is 1.39. The Morgan fingerprint density at radius 3 is 2.62 bits per heavy atom. The van der Waals surface area contributed by atoms with Gasteiger partial charge in [0.2, 0.25) is 5.91 Å². The number of piperidine rings is 1. The Labute approximate surface area is 145 Å². The Bertz CT molecular complexity index is 557. The molecular weight excluding hydrogens is 302 g/mol. The van der Waals surface area contributed by atoms with Gasteiger partial charge in [-0.15, -0.1) is 0 Å². The van der Waals surface area contributed by atoms with E-state index in [1.165, 1.54) is 12.8 Å². The number of aryl methyl sites for hydroxylation is 1. The quantitative estimate of drug-likeness (QED) is 0.838. The van der Waals surface area contributed by atoms with Crippen LogP contribution in [0.1, 0.15) is 45.0 Å². The second kappa shape index (κ2) is 7.66. The summed E-state index contributed by atoms with van der Waals surface area (Å²) in [7, 11) is 2.04. The topological polar surface area (TPSA) is 44.6 Å². The molecule has 6 heteroatoms. The number of amides is 1. The van der Waals surface area contributed by atoms with Gasteiger partial charge in [0.05, 0.1) is 12.1 Å². The monoisotopic (exact) mass is 333 g/mol. The maximum Gasteiger partial charge on any atom is 0.240 e. The Balaban J connectivity index is 1.75. The molecule has 2 aliphatic rings. The highest BCUT2D eigenvalue weighted by Crippen LogP contribution is 2.26. The molecule has 0 spiro atoms. The van der Waals surface area contributed by atoms with E-state index in [0.717, 1.165) is 51.5 Å². The highest BCUT2D eigenvalue weighted by molar-refractivity contribution is 5.82. The van der Waals surface area contributed by atoms with Crippen LogP contribution in [0.25, 0.3) is 0 Å². The Hall–Kier alpha value is -1.40. The van der Waals surface area contributed by atoms with Gasteiger partial charge in [0.25, 0.3) is 0 Å². The fourth-order valence-electron chi connectivity index (χ4n) is 4.20. The van der Waals surface area contributed by atoms with Crippen molar-refractivity contribution in [3.05, 3.63) is 18.2 Å². The molecule has 0 bridgehead atoms. The van der Waals surface area contributed by atoms with Crippen molar-refractivity contribution < 1.29 is 4.79 Å². The van der Waals surface area contributed by atoms with Gasteiger partial charge in [-0.1, -0.05) is 20.3 Å². The van der Waals surface area contributed by atoms with Gasteiger partial charge in [-0.05, 0) is 32.5 Å². The summed E-state index contributed by atoms with van der Waals surface area (Å²) in [6.45, 7) is 9.89. The summed E-state index contributed by atoms with van der Waals surface area (Å²) in [5.41, 5.74) is 0. The first-order chi connectivity index (χ1) is 11.7. The summed E-state index contributed by atoms with van der Waals surface area (Å²) < 4.78 is 2.08. The largest absolute Gasteiger partial charge is 0.338 e. The Morgan fingerprint density at radius 2 is 1.96 bits per heavy atom. The maximum atomic E-state index is 13.2. The molecule has 2 fully saturated rings. The van der Waals surface area contributed by atoms with Crippen LogP contribution < -0.4 is 0 Å². The number of aromatic nitrogens is 2. The average molecular weight is 333 g/mol. The number of carbonyl (C=O) groups is 1. The van der Waals surface area contributed by atoms with Gasteiger partial charge in [0.15, 0.2) is 0 Å². The van der Waals surface area contributed by atoms with E-state index in [4.69, 9.17) is 0 Å². The van der Waals surface area contributed by atoms with E-state index >= 15 is 0 Å². The molecule has 0 N–H and O–H groups in total. The number of rotatable bonds is 4. The van der Waals surface area contributed by atoms with E-state index in [2.05, 4.69) is 38.1 Å². The number of hydrogen-bond donors (Lipinski definition) is 0. The van der Waals surface area contributed by atoms with Crippen LogP contribution in [0.5, 0.6) is 0 Å². The molecule has 6 nitrogen and oxygen atoms in total. The number of likely N-dealkylation sites (N-methyl/N-ethyl adjacent to an activating group) is 2. The van der Waals surface area contributed by atoms with Crippen LogP contribution in [0.3, 0.4) is 0 Å². The van der Waals surface area contributed by atoms with Crippen LogP contribution in [0, 0.1) is 0 Å². The highest BCUT2D eigenvalue weighted by Gasteiger charge is 2.36. The van der Waals surface area contributed by atoms with Gasteiger partial charge in [0.1, 0.15) is 5.82 Å². The van der Waals surface area contributed by atoms with Gasteiger partial charge < -0.3 is 9.47 Å². The molecule has 134 valence electrons. The van der Waals surface area contributed by atoms with Gasteiger partial charge in [-0.2, -0.15) is 0 Å². The SMILES string of the molecule is CCN1CCN(C(=O)[C@@H]2CCCCN2CC)C[C@@H]1c1nccn1C. The lowest BCUT2D eigenvalue weighted by Crippen LogP contribution is -2.57. The molecule has 2 atom stereocenters.